The number of Topliss-reactive ketones (excluding diaryl/α,β-unsaturated/α-hetero) is 1. The molecule has 0 saturated carbocycles. The van der Waals surface area contributed by atoms with Gasteiger partial charge in [0.05, 0.1) is 15.1 Å². The summed E-state index contributed by atoms with van der Waals surface area (Å²) in [6.07, 6.45) is 0. The van der Waals surface area contributed by atoms with Gasteiger partial charge in [-0.15, -0.1) is 23.1 Å². The molecule has 2 aromatic rings. The number of hydrogen-bond acceptors (Lipinski definition) is 7. The van der Waals surface area contributed by atoms with Crippen molar-refractivity contribution in [1.29, 1.82) is 0 Å². The van der Waals surface area contributed by atoms with Gasteiger partial charge >= 0.3 is 0 Å². The van der Waals surface area contributed by atoms with Gasteiger partial charge in [0.25, 0.3) is 5.91 Å². The molecule has 2 atom stereocenters. The van der Waals surface area contributed by atoms with Crippen LogP contribution in [0.4, 0.5) is 10.1 Å². The number of amides is 1. The number of rotatable bonds is 3. The van der Waals surface area contributed by atoms with E-state index in [0.29, 0.717) is 31.9 Å². The van der Waals surface area contributed by atoms with Gasteiger partial charge in [-0.3, -0.25) is 9.59 Å². The van der Waals surface area contributed by atoms with Crippen LogP contribution in [0, 0.1) is 11.7 Å². The summed E-state index contributed by atoms with van der Waals surface area (Å²) in [6, 6.07) is 8.46. The van der Waals surface area contributed by atoms with E-state index >= 15 is 0 Å². The zero-order valence-corrected chi connectivity index (χ0v) is 18.1. The molecule has 1 aromatic heterocycles. The normalized spacial score (nSPS) is 22.8. The van der Waals surface area contributed by atoms with Crippen molar-refractivity contribution in [1.82, 2.24) is 10.3 Å². The van der Waals surface area contributed by atoms with Gasteiger partial charge < -0.3 is 15.2 Å². The van der Waals surface area contributed by atoms with Crippen LogP contribution in [0.1, 0.15) is 28.2 Å². The van der Waals surface area contributed by atoms with Crippen LogP contribution in [0.2, 0.25) is 0 Å². The minimum Gasteiger partial charge on any atom is -0.368 e. The first kappa shape index (κ1) is 19.6. The lowest BCUT2D eigenvalue weighted by Gasteiger charge is -2.36. The monoisotopic (exact) mass is 444 g/mol. The molecule has 6 nitrogen and oxygen atoms in total. The Morgan fingerprint density at radius 1 is 1.20 bits per heavy atom. The number of carbonyl (C=O) groups excluding carboxylic acids is 2. The molecule has 1 N–H and O–H groups in total. The van der Waals surface area contributed by atoms with E-state index in [1.54, 1.807) is 24.8 Å². The van der Waals surface area contributed by atoms with E-state index in [4.69, 9.17) is 0 Å². The van der Waals surface area contributed by atoms with Gasteiger partial charge in [0.2, 0.25) is 0 Å². The number of benzene rings is 1. The maximum absolute atomic E-state index is 13.5. The number of thioether (sulfide) groups is 1. The van der Waals surface area contributed by atoms with Gasteiger partial charge in [-0.25, -0.2) is 4.39 Å². The van der Waals surface area contributed by atoms with Gasteiger partial charge in [-0.1, -0.05) is 6.07 Å². The number of hydrogen-bond donors (Lipinski definition) is 1. The van der Waals surface area contributed by atoms with Gasteiger partial charge in [0.15, 0.2) is 5.78 Å². The summed E-state index contributed by atoms with van der Waals surface area (Å²) in [5.41, 5.74) is 5.65. The molecule has 0 spiro atoms. The SMILES string of the molecule is CC(=O)c1cc2c(s1)SCC1C(C(=O)N3CCN(c4cccc(F)c4)CC3)=NNC21. The fourth-order valence-corrected chi connectivity index (χ4v) is 6.77. The molecule has 3 aliphatic rings. The number of nitrogens with zero attached hydrogens (tertiary/aromatic N) is 3. The largest absolute Gasteiger partial charge is 0.368 e. The van der Waals surface area contributed by atoms with E-state index in [2.05, 4.69) is 15.4 Å². The predicted molar refractivity (Wildman–Crippen MR) is 117 cm³/mol. The van der Waals surface area contributed by atoms with Crippen LogP contribution in [0.5, 0.6) is 0 Å². The number of carbonyl (C=O) groups is 2. The topological polar surface area (TPSA) is 65.0 Å². The van der Waals surface area contributed by atoms with E-state index < -0.39 is 0 Å². The third kappa shape index (κ3) is 3.39. The number of nitrogens with one attached hydrogen (secondary N) is 1. The van der Waals surface area contributed by atoms with Crippen LogP contribution in [0.3, 0.4) is 0 Å². The van der Waals surface area contributed by atoms with Crippen LogP contribution in [-0.4, -0.2) is 54.2 Å². The average molecular weight is 445 g/mol. The standard InChI is InChI=1S/C21H21FN4O2S2/c1-12(27)17-10-15-18-16(11-29-21(15)30-17)19(24-23-18)20(28)26-7-5-25(6-8-26)14-4-2-3-13(22)9-14/h2-4,9-10,16,18,23H,5-8,11H2,1H3. The molecule has 9 heteroatoms. The van der Waals surface area contributed by atoms with Crippen LogP contribution in [0.15, 0.2) is 39.6 Å². The quantitative estimate of drug-likeness (QED) is 0.737. The van der Waals surface area contributed by atoms with Crippen LogP contribution in [0.25, 0.3) is 0 Å². The summed E-state index contributed by atoms with van der Waals surface area (Å²) in [5, 5.41) is 4.42. The summed E-state index contributed by atoms with van der Waals surface area (Å²) < 4.78 is 14.6. The maximum atomic E-state index is 13.5. The van der Waals surface area contributed by atoms with E-state index in [9.17, 15) is 14.0 Å². The number of thiophene rings is 1. The molecule has 5 rings (SSSR count). The van der Waals surface area contributed by atoms with Gasteiger partial charge in [0.1, 0.15) is 11.5 Å². The molecule has 156 valence electrons. The van der Waals surface area contributed by atoms with Gasteiger partial charge in [-0.2, -0.15) is 5.10 Å². The number of piperazine rings is 1. The highest BCUT2D eigenvalue weighted by Crippen LogP contribution is 2.46. The maximum Gasteiger partial charge on any atom is 0.270 e. The minimum atomic E-state index is -0.251. The third-order valence-electron chi connectivity index (χ3n) is 5.84. The Labute approximate surface area is 182 Å². The molecule has 3 aliphatic heterocycles. The highest BCUT2D eigenvalue weighted by atomic mass is 32.2. The molecule has 1 saturated heterocycles. The van der Waals surface area contributed by atoms with Crippen molar-refractivity contribution in [3.05, 3.63) is 46.6 Å². The fourth-order valence-electron chi connectivity index (χ4n) is 4.20. The first-order chi connectivity index (χ1) is 14.5. The Bertz CT molecular complexity index is 1050. The van der Waals surface area contributed by atoms with Crippen molar-refractivity contribution in [2.24, 2.45) is 11.0 Å². The van der Waals surface area contributed by atoms with E-state index in [0.717, 1.165) is 26.1 Å². The molecule has 0 aliphatic carbocycles. The number of ketones is 1. The van der Waals surface area contributed by atoms with Crippen LogP contribution >= 0.6 is 23.1 Å². The van der Waals surface area contributed by atoms with Crippen molar-refractivity contribution in [2.45, 2.75) is 17.2 Å². The number of hydrazone groups is 1. The molecule has 1 amide bonds. The Hall–Kier alpha value is -2.39. The summed E-state index contributed by atoms with van der Waals surface area (Å²) in [6.45, 7) is 4.06. The molecule has 0 bridgehead atoms. The first-order valence-corrected chi connectivity index (χ1v) is 11.7. The molecular formula is C21H21FN4O2S2. The van der Waals surface area contributed by atoms with Crippen molar-refractivity contribution < 1.29 is 14.0 Å². The Kier molecular flexibility index (Phi) is 5.02. The zero-order chi connectivity index (χ0) is 20.8. The van der Waals surface area contributed by atoms with Crippen molar-refractivity contribution in [3.63, 3.8) is 0 Å². The molecule has 1 fully saturated rings. The van der Waals surface area contributed by atoms with Crippen LogP contribution in [-0.2, 0) is 4.79 Å². The predicted octanol–water partition coefficient (Wildman–Crippen LogP) is 3.16. The molecule has 1 aromatic carbocycles. The lowest BCUT2D eigenvalue weighted by Crippen LogP contribution is -2.51. The minimum absolute atomic E-state index is 0.00524. The Balaban J connectivity index is 1.26. The second-order valence-electron chi connectivity index (χ2n) is 7.69. The second-order valence-corrected chi connectivity index (χ2v) is 10.0. The highest BCUT2D eigenvalue weighted by molar-refractivity contribution is 8.01. The summed E-state index contributed by atoms with van der Waals surface area (Å²) in [5.74, 6) is 0.568. The average Bonchev–Trinajstić information content (AvgIpc) is 3.37. The van der Waals surface area contributed by atoms with Crippen LogP contribution < -0.4 is 10.3 Å². The van der Waals surface area contributed by atoms with Crippen molar-refractivity contribution >= 4 is 46.2 Å². The van der Waals surface area contributed by atoms with E-state index in [-0.39, 0.29) is 29.5 Å². The van der Waals surface area contributed by atoms with Crippen molar-refractivity contribution in [3.8, 4) is 0 Å². The first-order valence-electron chi connectivity index (χ1n) is 9.91. The zero-order valence-electron chi connectivity index (χ0n) is 16.4. The van der Waals surface area contributed by atoms with Gasteiger partial charge in [-0.05, 0) is 31.2 Å². The molecule has 0 radical (unpaired) electrons. The molecule has 4 heterocycles. The van der Waals surface area contributed by atoms with E-state index in [1.807, 2.05) is 17.0 Å². The third-order valence-corrected chi connectivity index (χ3v) is 8.51. The molecule has 2 unspecified atom stereocenters. The van der Waals surface area contributed by atoms with Gasteiger partial charge in [0, 0.05) is 49.1 Å². The lowest BCUT2D eigenvalue weighted by molar-refractivity contribution is -0.124. The molecular weight excluding hydrogens is 423 g/mol. The number of fused-ring (bicyclic) bond motifs is 3. The smallest absolute Gasteiger partial charge is 0.270 e. The lowest BCUT2D eigenvalue weighted by atomic mass is 9.92. The highest BCUT2D eigenvalue weighted by Gasteiger charge is 2.43. The Morgan fingerprint density at radius 2 is 2.00 bits per heavy atom. The summed E-state index contributed by atoms with van der Waals surface area (Å²) >= 11 is 3.23. The Morgan fingerprint density at radius 3 is 2.73 bits per heavy atom. The molecule has 30 heavy (non-hydrogen) atoms. The fraction of sp³-hybridized carbons (Fsp3) is 0.381. The summed E-state index contributed by atoms with van der Waals surface area (Å²) in [4.78, 5) is 29.6. The summed E-state index contributed by atoms with van der Waals surface area (Å²) in [7, 11) is 0. The second kappa shape index (κ2) is 7.70. The number of anilines is 1. The van der Waals surface area contributed by atoms with Crippen molar-refractivity contribution in [2.75, 3.05) is 36.8 Å². The number of halogens is 1. The van der Waals surface area contributed by atoms with E-state index in [1.165, 1.54) is 23.5 Å².